The van der Waals surface area contributed by atoms with Crippen LogP contribution >= 0.6 is 0 Å². The van der Waals surface area contributed by atoms with E-state index in [1.54, 1.807) is 0 Å². The molecule has 4 rings (SSSR count). The smallest absolute Gasteiger partial charge is 0.407 e. The van der Waals surface area contributed by atoms with Crippen LogP contribution in [0.4, 0.5) is 4.79 Å². The van der Waals surface area contributed by atoms with Crippen LogP contribution in [-0.4, -0.2) is 57.0 Å². The highest BCUT2D eigenvalue weighted by Crippen LogP contribution is 2.44. The molecule has 1 aliphatic rings. The van der Waals surface area contributed by atoms with Gasteiger partial charge in [0, 0.05) is 5.92 Å². The van der Waals surface area contributed by atoms with E-state index in [4.69, 9.17) is 18.9 Å². The zero-order chi connectivity index (χ0) is 27.5. The number of alkyl carbamates (subject to hydrolysis) is 1. The molecule has 0 atom stereocenters. The van der Waals surface area contributed by atoms with Gasteiger partial charge in [0.1, 0.15) is 33.0 Å². The second kappa shape index (κ2) is 13.7. The molecule has 0 saturated heterocycles. The minimum absolute atomic E-state index is 0.0932. The molecule has 2 amide bonds. The van der Waals surface area contributed by atoms with Gasteiger partial charge in [-0.2, -0.15) is 0 Å². The molecule has 202 valence electrons. The second-order valence-corrected chi connectivity index (χ2v) is 8.58. The number of esters is 2. The summed E-state index contributed by atoms with van der Waals surface area (Å²) in [6.07, 6.45) is -0.739. The Hall–Kier alpha value is -4.70. The molecule has 2 N–H and O–H groups in total. The number of amides is 2. The van der Waals surface area contributed by atoms with Gasteiger partial charge in [-0.1, -0.05) is 78.9 Å². The van der Waals surface area contributed by atoms with Crippen LogP contribution in [0.25, 0.3) is 11.1 Å². The van der Waals surface area contributed by atoms with Gasteiger partial charge in [0.05, 0.1) is 0 Å². The van der Waals surface area contributed by atoms with E-state index < -0.39 is 43.9 Å². The first-order valence-electron chi connectivity index (χ1n) is 12.3. The Kier molecular flexibility index (Phi) is 9.63. The van der Waals surface area contributed by atoms with Crippen LogP contribution in [0, 0.1) is 0 Å². The number of benzene rings is 3. The standard InChI is InChI=1S/C29H28N2O8/c32-26(31-19-39-28(34)18-36-17-27(33)37-15-20-8-2-1-3-9-20)14-30-29(35)38-16-25-23-12-6-4-10-21(23)22-11-5-7-13-24(22)25/h1-13,25H,14-19H2,(H,30,35)(H,31,32). The summed E-state index contributed by atoms with van der Waals surface area (Å²) in [4.78, 5) is 47.5. The Morgan fingerprint density at radius 3 is 1.92 bits per heavy atom. The number of ether oxygens (including phenoxy) is 4. The van der Waals surface area contributed by atoms with Crippen molar-refractivity contribution < 1.29 is 38.1 Å². The molecule has 0 unspecified atom stereocenters. The molecular formula is C29H28N2O8. The molecule has 10 heteroatoms. The van der Waals surface area contributed by atoms with Crippen molar-refractivity contribution in [1.82, 2.24) is 10.6 Å². The highest BCUT2D eigenvalue weighted by molar-refractivity contribution is 5.82. The number of fused-ring (bicyclic) bond motifs is 3. The number of hydrogen-bond acceptors (Lipinski definition) is 8. The molecule has 0 radical (unpaired) electrons. The lowest BCUT2D eigenvalue weighted by Gasteiger charge is -2.14. The Labute approximate surface area is 225 Å². The monoisotopic (exact) mass is 532 g/mol. The number of carbonyl (C=O) groups is 4. The lowest BCUT2D eigenvalue weighted by atomic mass is 9.98. The van der Waals surface area contributed by atoms with E-state index in [1.807, 2.05) is 78.9 Å². The van der Waals surface area contributed by atoms with Gasteiger partial charge in [-0.3, -0.25) is 4.79 Å². The number of hydrogen-bond donors (Lipinski definition) is 2. The molecule has 10 nitrogen and oxygen atoms in total. The largest absolute Gasteiger partial charge is 0.459 e. The maximum absolute atomic E-state index is 12.2. The minimum Gasteiger partial charge on any atom is -0.459 e. The van der Waals surface area contributed by atoms with Crippen LogP contribution < -0.4 is 10.6 Å². The number of nitrogens with one attached hydrogen (secondary N) is 2. The zero-order valence-electron chi connectivity index (χ0n) is 21.1. The van der Waals surface area contributed by atoms with Crippen molar-refractivity contribution in [2.24, 2.45) is 0 Å². The van der Waals surface area contributed by atoms with Crippen LogP contribution in [-0.2, 0) is 39.9 Å². The van der Waals surface area contributed by atoms with Gasteiger partial charge in [0.15, 0.2) is 6.73 Å². The van der Waals surface area contributed by atoms with Gasteiger partial charge in [0.25, 0.3) is 0 Å². The molecule has 39 heavy (non-hydrogen) atoms. The van der Waals surface area contributed by atoms with Gasteiger partial charge in [-0.05, 0) is 27.8 Å². The summed E-state index contributed by atoms with van der Waals surface area (Å²) in [5.41, 5.74) is 5.22. The van der Waals surface area contributed by atoms with Crippen molar-refractivity contribution in [1.29, 1.82) is 0 Å². The van der Waals surface area contributed by atoms with Gasteiger partial charge in [-0.15, -0.1) is 0 Å². The molecule has 0 fully saturated rings. The summed E-state index contributed by atoms with van der Waals surface area (Å²) >= 11 is 0. The number of carbonyl (C=O) groups excluding carboxylic acids is 4. The Morgan fingerprint density at radius 1 is 0.667 bits per heavy atom. The maximum atomic E-state index is 12.2. The van der Waals surface area contributed by atoms with Crippen molar-refractivity contribution in [3.63, 3.8) is 0 Å². The predicted octanol–water partition coefficient (Wildman–Crippen LogP) is 2.90. The fraction of sp³-hybridized carbons (Fsp3) is 0.241. The van der Waals surface area contributed by atoms with Crippen molar-refractivity contribution >= 4 is 23.9 Å². The summed E-state index contributed by atoms with van der Waals surface area (Å²) in [5, 5.41) is 4.70. The maximum Gasteiger partial charge on any atom is 0.407 e. The third kappa shape index (κ3) is 7.89. The summed E-state index contributed by atoms with van der Waals surface area (Å²) in [7, 11) is 0. The highest BCUT2D eigenvalue weighted by Gasteiger charge is 2.29. The lowest BCUT2D eigenvalue weighted by Crippen LogP contribution is -2.39. The Balaban J connectivity index is 1.07. The van der Waals surface area contributed by atoms with Crippen LogP contribution in [0.15, 0.2) is 78.9 Å². The van der Waals surface area contributed by atoms with E-state index in [-0.39, 0.29) is 25.7 Å². The van der Waals surface area contributed by atoms with E-state index in [0.717, 1.165) is 27.8 Å². The Bertz CT molecular complexity index is 1270. The average Bonchev–Trinajstić information content (AvgIpc) is 3.28. The normalized spacial score (nSPS) is 11.6. The molecule has 0 aliphatic heterocycles. The molecule has 3 aromatic carbocycles. The van der Waals surface area contributed by atoms with Gasteiger partial charge >= 0.3 is 18.0 Å². The van der Waals surface area contributed by atoms with E-state index in [1.165, 1.54) is 0 Å². The van der Waals surface area contributed by atoms with E-state index >= 15 is 0 Å². The average molecular weight is 533 g/mol. The molecule has 0 heterocycles. The summed E-state index contributed by atoms with van der Waals surface area (Å²) in [6.45, 7) is -1.47. The summed E-state index contributed by atoms with van der Waals surface area (Å²) in [5.74, 6) is -2.08. The number of rotatable bonds is 12. The van der Waals surface area contributed by atoms with Crippen LogP contribution in [0.5, 0.6) is 0 Å². The third-order valence-electron chi connectivity index (χ3n) is 5.92. The fourth-order valence-corrected chi connectivity index (χ4v) is 4.10. The second-order valence-electron chi connectivity index (χ2n) is 8.58. The molecular weight excluding hydrogens is 504 g/mol. The lowest BCUT2D eigenvalue weighted by molar-refractivity contribution is -0.156. The zero-order valence-corrected chi connectivity index (χ0v) is 21.1. The first kappa shape index (κ1) is 27.3. The fourth-order valence-electron chi connectivity index (χ4n) is 4.10. The molecule has 0 aromatic heterocycles. The first-order valence-corrected chi connectivity index (χ1v) is 12.3. The van der Waals surface area contributed by atoms with Crippen LogP contribution in [0.3, 0.4) is 0 Å². The highest BCUT2D eigenvalue weighted by atomic mass is 16.6. The van der Waals surface area contributed by atoms with Crippen molar-refractivity contribution in [3.8, 4) is 11.1 Å². The van der Waals surface area contributed by atoms with Crippen molar-refractivity contribution in [3.05, 3.63) is 95.6 Å². The molecule has 1 aliphatic carbocycles. The van der Waals surface area contributed by atoms with Gasteiger partial charge in [0.2, 0.25) is 5.91 Å². The van der Waals surface area contributed by atoms with Crippen molar-refractivity contribution in [2.75, 3.05) is 33.1 Å². The molecule has 0 saturated carbocycles. The van der Waals surface area contributed by atoms with Crippen LogP contribution in [0.1, 0.15) is 22.6 Å². The predicted molar refractivity (Wildman–Crippen MR) is 139 cm³/mol. The molecule has 3 aromatic rings. The van der Waals surface area contributed by atoms with E-state index in [9.17, 15) is 19.2 Å². The summed E-state index contributed by atoms with van der Waals surface area (Å²) in [6, 6.07) is 25.1. The van der Waals surface area contributed by atoms with Gasteiger partial charge < -0.3 is 29.6 Å². The summed E-state index contributed by atoms with van der Waals surface area (Å²) < 4.78 is 20.2. The molecule has 0 spiro atoms. The minimum atomic E-state index is -0.782. The topological polar surface area (TPSA) is 129 Å². The Morgan fingerprint density at radius 2 is 1.26 bits per heavy atom. The van der Waals surface area contributed by atoms with E-state index in [0.29, 0.717) is 0 Å². The SMILES string of the molecule is O=C(CNC(=O)OCC1c2ccccc2-c2ccccc21)NCOC(=O)COCC(=O)OCc1ccccc1. The van der Waals surface area contributed by atoms with Gasteiger partial charge in [-0.25, -0.2) is 14.4 Å². The third-order valence-corrected chi connectivity index (χ3v) is 5.92. The quantitative estimate of drug-likeness (QED) is 0.207. The molecule has 0 bridgehead atoms. The van der Waals surface area contributed by atoms with E-state index in [2.05, 4.69) is 10.6 Å². The first-order chi connectivity index (χ1) is 19.0. The van der Waals surface area contributed by atoms with Crippen LogP contribution in [0.2, 0.25) is 0 Å². The van der Waals surface area contributed by atoms with Crippen molar-refractivity contribution in [2.45, 2.75) is 12.5 Å².